The maximum atomic E-state index is 12.0. The highest BCUT2D eigenvalue weighted by Gasteiger charge is 2.09. The van der Waals surface area contributed by atoms with Crippen molar-refractivity contribution in [1.29, 1.82) is 0 Å². The minimum atomic E-state index is -0.203. The van der Waals surface area contributed by atoms with Gasteiger partial charge in [0.05, 0.1) is 35.5 Å². The molecule has 1 amide bonds. The van der Waals surface area contributed by atoms with Crippen molar-refractivity contribution in [2.45, 2.75) is 0 Å². The van der Waals surface area contributed by atoms with Crippen LogP contribution in [0.25, 0.3) is 5.69 Å². The zero-order chi connectivity index (χ0) is 13.9. The van der Waals surface area contributed by atoms with E-state index in [0.29, 0.717) is 11.3 Å². The largest absolute Gasteiger partial charge is 0.319 e. The van der Waals surface area contributed by atoms with Crippen LogP contribution in [0.1, 0.15) is 10.4 Å². The Labute approximate surface area is 115 Å². The van der Waals surface area contributed by atoms with Crippen LogP contribution in [0.5, 0.6) is 0 Å². The number of anilines is 1. The zero-order valence-corrected chi connectivity index (χ0v) is 10.9. The molecule has 6 heteroatoms. The molecule has 0 saturated carbocycles. The Kier molecular flexibility index (Phi) is 3.04. The molecule has 0 aliphatic rings. The summed E-state index contributed by atoms with van der Waals surface area (Å²) < 4.78 is 3.29. The Morgan fingerprint density at radius 1 is 1.10 bits per heavy atom. The maximum Gasteiger partial charge on any atom is 0.258 e. The summed E-state index contributed by atoms with van der Waals surface area (Å²) in [7, 11) is 1.77. The van der Waals surface area contributed by atoms with Crippen LogP contribution in [-0.2, 0) is 7.05 Å². The molecule has 0 atom stereocenters. The van der Waals surface area contributed by atoms with E-state index in [-0.39, 0.29) is 5.91 Å². The second-order valence-electron chi connectivity index (χ2n) is 4.37. The number of hydrogen-bond acceptors (Lipinski definition) is 3. The number of aromatic nitrogens is 4. The summed E-state index contributed by atoms with van der Waals surface area (Å²) in [6, 6.07) is 9.70. The molecule has 1 aromatic carbocycles. The van der Waals surface area contributed by atoms with Crippen LogP contribution in [-0.4, -0.2) is 25.5 Å². The summed E-state index contributed by atoms with van der Waals surface area (Å²) in [5.74, 6) is -0.203. The molecule has 0 fully saturated rings. The fourth-order valence-electron chi connectivity index (χ4n) is 1.85. The summed E-state index contributed by atoms with van der Waals surface area (Å²) in [6.45, 7) is 0. The molecule has 0 radical (unpaired) electrons. The lowest BCUT2D eigenvalue weighted by Crippen LogP contribution is -2.10. The average molecular weight is 267 g/mol. The van der Waals surface area contributed by atoms with E-state index in [1.165, 1.54) is 6.20 Å². The molecular weight excluding hydrogens is 254 g/mol. The predicted octanol–water partition coefficient (Wildman–Crippen LogP) is 1.86. The molecular formula is C14H13N5O. The van der Waals surface area contributed by atoms with Crippen molar-refractivity contribution in [3.63, 3.8) is 0 Å². The molecule has 0 bridgehead atoms. The van der Waals surface area contributed by atoms with Gasteiger partial charge in [0.1, 0.15) is 0 Å². The monoisotopic (exact) mass is 267 g/mol. The SMILES string of the molecule is Cn1cc(C(=O)Nc2cnn(-c3ccccc3)c2)cn1. The predicted molar refractivity (Wildman–Crippen MR) is 74.7 cm³/mol. The normalized spacial score (nSPS) is 10.4. The molecule has 3 aromatic rings. The molecule has 1 N–H and O–H groups in total. The first-order valence-electron chi connectivity index (χ1n) is 6.12. The number of aryl methyl sites for hydroxylation is 1. The van der Waals surface area contributed by atoms with E-state index in [1.54, 1.807) is 35.0 Å². The van der Waals surface area contributed by atoms with Crippen molar-refractivity contribution in [1.82, 2.24) is 19.6 Å². The summed E-state index contributed by atoms with van der Waals surface area (Å²) in [5, 5.41) is 11.0. The van der Waals surface area contributed by atoms with Crippen LogP contribution in [0.2, 0.25) is 0 Å². The van der Waals surface area contributed by atoms with Gasteiger partial charge in [-0.3, -0.25) is 9.48 Å². The van der Waals surface area contributed by atoms with Gasteiger partial charge >= 0.3 is 0 Å². The molecule has 2 heterocycles. The van der Waals surface area contributed by atoms with Crippen LogP contribution < -0.4 is 5.32 Å². The van der Waals surface area contributed by atoms with E-state index in [1.807, 2.05) is 30.3 Å². The Balaban J connectivity index is 1.76. The minimum Gasteiger partial charge on any atom is -0.319 e. The third-order valence-corrected chi connectivity index (χ3v) is 2.83. The summed E-state index contributed by atoms with van der Waals surface area (Å²) in [5.41, 5.74) is 2.09. The fourth-order valence-corrected chi connectivity index (χ4v) is 1.85. The molecule has 20 heavy (non-hydrogen) atoms. The Bertz CT molecular complexity index is 729. The average Bonchev–Trinajstić information content (AvgIpc) is 3.09. The number of carbonyl (C=O) groups excluding carboxylic acids is 1. The molecule has 3 rings (SSSR count). The quantitative estimate of drug-likeness (QED) is 0.787. The first kappa shape index (κ1) is 12.2. The summed E-state index contributed by atoms with van der Waals surface area (Å²) in [6.07, 6.45) is 6.57. The van der Waals surface area contributed by atoms with E-state index in [9.17, 15) is 4.79 Å². The number of rotatable bonds is 3. The van der Waals surface area contributed by atoms with Crippen molar-refractivity contribution in [3.8, 4) is 5.69 Å². The standard InChI is InChI=1S/C14H13N5O/c1-18-9-11(7-15-18)14(20)17-12-8-16-19(10-12)13-5-3-2-4-6-13/h2-10H,1H3,(H,17,20). The number of para-hydroxylation sites is 1. The van der Waals surface area contributed by atoms with E-state index in [2.05, 4.69) is 15.5 Å². The maximum absolute atomic E-state index is 12.0. The molecule has 0 unspecified atom stereocenters. The Hall–Kier alpha value is -2.89. The van der Waals surface area contributed by atoms with Gasteiger partial charge in [0.2, 0.25) is 0 Å². The van der Waals surface area contributed by atoms with Gasteiger partial charge in [-0.25, -0.2) is 4.68 Å². The van der Waals surface area contributed by atoms with Crippen LogP contribution in [0.15, 0.2) is 55.1 Å². The fraction of sp³-hybridized carbons (Fsp3) is 0.0714. The highest BCUT2D eigenvalue weighted by atomic mass is 16.1. The number of hydrogen-bond donors (Lipinski definition) is 1. The molecule has 0 saturated heterocycles. The van der Waals surface area contributed by atoms with Crippen molar-refractivity contribution in [2.75, 3.05) is 5.32 Å². The van der Waals surface area contributed by atoms with E-state index < -0.39 is 0 Å². The Morgan fingerprint density at radius 3 is 2.60 bits per heavy atom. The molecule has 0 aliphatic heterocycles. The molecule has 100 valence electrons. The van der Waals surface area contributed by atoms with E-state index in [4.69, 9.17) is 0 Å². The van der Waals surface area contributed by atoms with Crippen LogP contribution >= 0.6 is 0 Å². The number of amides is 1. The molecule has 0 spiro atoms. The van der Waals surface area contributed by atoms with E-state index in [0.717, 1.165) is 5.69 Å². The van der Waals surface area contributed by atoms with Gasteiger partial charge in [0, 0.05) is 13.2 Å². The van der Waals surface area contributed by atoms with Crippen LogP contribution in [0.4, 0.5) is 5.69 Å². The van der Waals surface area contributed by atoms with Gasteiger partial charge in [0.15, 0.2) is 0 Å². The summed E-state index contributed by atoms with van der Waals surface area (Å²) in [4.78, 5) is 12.0. The zero-order valence-electron chi connectivity index (χ0n) is 10.9. The van der Waals surface area contributed by atoms with Gasteiger partial charge in [0.25, 0.3) is 5.91 Å². The highest BCUT2D eigenvalue weighted by Crippen LogP contribution is 2.12. The van der Waals surface area contributed by atoms with Crippen molar-refractivity contribution in [3.05, 3.63) is 60.7 Å². The second-order valence-corrected chi connectivity index (χ2v) is 4.37. The minimum absolute atomic E-state index is 0.203. The second kappa shape index (κ2) is 5.00. The van der Waals surface area contributed by atoms with Crippen molar-refractivity contribution >= 4 is 11.6 Å². The molecule has 6 nitrogen and oxygen atoms in total. The van der Waals surface area contributed by atoms with E-state index >= 15 is 0 Å². The van der Waals surface area contributed by atoms with Crippen LogP contribution in [0, 0.1) is 0 Å². The lowest BCUT2D eigenvalue weighted by molar-refractivity contribution is 0.102. The number of carbonyl (C=O) groups is 1. The highest BCUT2D eigenvalue weighted by molar-refractivity contribution is 6.03. The molecule has 0 aliphatic carbocycles. The van der Waals surface area contributed by atoms with Crippen LogP contribution in [0.3, 0.4) is 0 Å². The van der Waals surface area contributed by atoms with Gasteiger partial charge < -0.3 is 5.32 Å². The number of nitrogens with zero attached hydrogens (tertiary/aromatic N) is 4. The third-order valence-electron chi connectivity index (χ3n) is 2.83. The lowest BCUT2D eigenvalue weighted by atomic mass is 10.3. The van der Waals surface area contributed by atoms with Gasteiger partial charge in [-0.1, -0.05) is 18.2 Å². The van der Waals surface area contributed by atoms with Crippen molar-refractivity contribution in [2.24, 2.45) is 7.05 Å². The topological polar surface area (TPSA) is 64.7 Å². The number of benzene rings is 1. The van der Waals surface area contributed by atoms with Crippen molar-refractivity contribution < 1.29 is 4.79 Å². The Morgan fingerprint density at radius 2 is 1.90 bits per heavy atom. The smallest absolute Gasteiger partial charge is 0.258 e. The third kappa shape index (κ3) is 2.44. The lowest BCUT2D eigenvalue weighted by Gasteiger charge is -2.00. The first-order valence-corrected chi connectivity index (χ1v) is 6.12. The van der Waals surface area contributed by atoms with Gasteiger partial charge in [-0.2, -0.15) is 10.2 Å². The van der Waals surface area contributed by atoms with Gasteiger partial charge in [-0.05, 0) is 12.1 Å². The molecule has 2 aromatic heterocycles. The first-order chi connectivity index (χ1) is 9.72. The van der Waals surface area contributed by atoms with Gasteiger partial charge in [-0.15, -0.1) is 0 Å². The number of nitrogens with one attached hydrogen (secondary N) is 1. The summed E-state index contributed by atoms with van der Waals surface area (Å²) >= 11 is 0.